The molecule has 9 heteroatoms. The Bertz CT molecular complexity index is 4600. The molecular formula is C66H49N9. The molecule has 13 aromatic rings. The first-order valence-electron chi connectivity index (χ1n) is 25.3. The minimum Gasteiger partial charge on any atom is -0.309 e. The first kappa shape index (κ1) is 45.2. The molecule has 358 valence electrons. The summed E-state index contributed by atoms with van der Waals surface area (Å²) in [7, 11) is 0. The van der Waals surface area contributed by atoms with E-state index < -0.39 is 0 Å². The molecular weight excluding hydrogens is 919 g/mol. The van der Waals surface area contributed by atoms with E-state index in [9.17, 15) is 10.5 Å². The number of hydrogen-bond acceptors (Lipinski definition) is 6. The van der Waals surface area contributed by atoms with Crippen molar-refractivity contribution in [1.29, 1.82) is 10.5 Å². The van der Waals surface area contributed by atoms with E-state index in [1.54, 1.807) is 0 Å². The molecule has 0 atom stereocenters. The van der Waals surface area contributed by atoms with Crippen molar-refractivity contribution in [2.45, 2.75) is 53.4 Å². The first-order valence-corrected chi connectivity index (χ1v) is 25.3. The number of nitriles is 2. The van der Waals surface area contributed by atoms with Crippen molar-refractivity contribution in [2.75, 3.05) is 0 Å². The fourth-order valence-electron chi connectivity index (χ4n) is 11.3. The molecule has 75 heavy (non-hydrogen) atoms. The third-order valence-electron chi connectivity index (χ3n) is 14.7. The van der Waals surface area contributed by atoms with Crippen molar-refractivity contribution in [1.82, 2.24) is 33.6 Å². The number of benzene rings is 8. The highest BCUT2D eigenvalue weighted by molar-refractivity contribution is 6.13. The standard InChI is InChI=1S/C66H49N9/c1-39-29-40(2)70-64(69-39)53-24-19-43(37-67)33-60(53)75-58-18-12-8-14-49(58)52-27-23-47(36-63(52)75)73-56-16-10-9-15-50(56)55-32-42(21-28-59(55)73)31-46-30-41(3)71-65(72-46)54-25-20-44(38-68)34-61(54)74-57-17-11-7-13-48(57)51-26-22-45(35-62(51)74)66(4,5)6/h7-30,32-36H,31H2,1-6H3. The van der Waals surface area contributed by atoms with E-state index >= 15 is 0 Å². The van der Waals surface area contributed by atoms with Gasteiger partial charge in [-0.1, -0.05) is 99.6 Å². The quantitative estimate of drug-likeness (QED) is 0.157. The number of aromatic nitrogens is 7. The third-order valence-corrected chi connectivity index (χ3v) is 14.7. The molecule has 8 aromatic carbocycles. The molecule has 9 nitrogen and oxygen atoms in total. The summed E-state index contributed by atoms with van der Waals surface area (Å²) in [4.78, 5) is 20.2. The Morgan fingerprint density at radius 2 is 0.893 bits per heavy atom. The first-order chi connectivity index (χ1) is 36.4. The molecule has 0 saturated carbocycles. The summed E-state index contributed by atoms with van der Waals surface area (Å²) in [6, 6.07) is 66.2. The van der Waals surface area contributed by atoms with E-state index in [-0.39, 0.29) is 5.41 Å². The maximum Gasteiger partial charge on any atom is 0.161 e. The van der Waals surface area contributed by atoms with E-state index in [0.29, 0.717) is 29.2 Å². The van der Waals surface area contributed by atoms with Crippen LogP contribution >= 0.6 is 0 Å². The van der Waals surface area contributed by atoms with Crippen LogP contribution in [-0.4, -0.2) is 33.6 Å². The second kappa shape index (κ2) is 17.2. The SMILES string of the molecule is Cc1cc(C)nc(-c2ccc(C#N)cc2-n2c3ccccc3c3ccc(-n4c5ccccc5c5cc(Cc6cc(C)nc(-c7ccc(C#N)cc7-n7c8ccccc8c8ccc(C(C)(C)C)cc87)n6)ccc54)cc32)n1. The van der Waals surface area contributed by atoms with Gasteiger partial charge < -0.3 is 13.7 Å². The molecule has 0 fully saturated rings. The average molecular weight is 968 g/mol. The molecule has 0 spiro atoms. The summed E-state index contributed by atoms with van der Waals surface area (Å²) in [5, 5.41) is 27.3. The number of aryl methyl sites for hydroxylation is 3. The molecule has 13 rings (SSSR count). The topological polar surface area (TPSA) is 114 Å². The summed E-state index contributed by atoms with van der Waals surface area (Å²) < 4.78 is 6.91. The number of hydrogen-bond donors (Lipinski definition) is 0. The lowest BCUT2D eigenvalue weighted by molar-refractivity contribution is 0.591. The van der Waals surface area contributed by atoms with E-state index in [2.05, 4.69) is 180 Å². The lowest BCUT2D eigenvalue weighted by Gasteiger charge is -2.20. The van der Waals surface area contributed by atoms with Crippen LogP contribution in [0.4, 0.5) is 0 Å². The van der Waals surface area contributed by atoms with Crippen LogP contribution in [0.5, 0.6) is 0 Å². The van der Waals surface area contributed by atoms with Gasteiger partial charge in [-0.3, -0.25) is 0 Å². The molecule has 5 aromatic heterocycles. The molecule has 0 amide bonds. The molecule has 0 bridgehead atoms. The van der Waals surface area contributed by atoms with Crippen molar-refractivity contribution in [2.24, 2.45) is 0 Å². The highest BCUT2D eigenvalue weighted by atomic mass is 15.0. The molecule has 0 N–H and O–H groups in total. The Hall–Kier alpha value is -9.70. The van der Waals surface area contributed by atoms with Gasteiger partial charge in [-0.15, -0.1) is 0 Å². The van der Waals surface area contributed by atoms with Gasteiger partial charge in [-0.2, -0.15) is 10.5 Å². The Morgan fingerprint density at radius 3 is 1.47 bits per heavy atom. The average Bonchev–Trinajstić information content (AvgIpc) is 4.16. The maximum atomic E-state index is 10.3. The molecule has 5 heterocycles. The highest BCUT2D eigenvalue weighted by Gasteiger charge is 2.23. The minimum atomic E-state index is -0.0631. The van der Waals surface area contributed by atoms with E-state index in [1.807, 2.05) is 63.2 Å². The third kappa shape index (κ3) is 7.51. The summed E-state index contributed by atoms with van der Waals surface area (Å²) in [5.74, 6) is 1.23. The number of nitrogens with zero attached hydrogens (tertiary/aromatic N) is 9. The summed E-state index contributed by atoms with van der Waals surface area (Å²) in [5.41, 5.74) is 17.7. The van der Waals surface area contributed by atoms with Crippen molar-refractivity contribution in [3.8, 4) is 52.0 Å². The van der Waals surface area contributed by atoms with Gasteiger partial charge in [0.15, 0.2) is 11.6 Å². The van der Waals surface area contributed by atoms with Gasteiger partial charge in [0.1, 0.15) is 0 Å². The monoisotopic (exact) mass is 967 g/mol. The highest BCUT2D eigenvalue weighted by Crippen LogP contribution is 2.41. The number of rotatable bonds is 7. The van der Waals surface area contributed by atoms with Crippen molar-refractivity contribution < 1.29 is 0 Å². The Balaban J connectivity index is 0.934. The van der Waals surface area contributed by atoms with Crippen LogP contribution in [0.2, 0.25) is 0 Å². The zero-order chi connectivity index (χ0) is 51.3. The van der Waals surface area contributed by atoms with Crippen LogP contribution in [-0.2, 0) is 11.8 Å². The Morgan fingerprint density at radius 1 is 0.413 bits per heavy atom. The zero-order valence-electron chi connectivity index (χ0n) is 42.5. The largest absolute Gasteiger partial charge is 0.309 e. The Labute approximate surface area is 433 Å². The molecule has 0 saturated heterocycles. The molecule has 0 radical (unpaired) electrons. The molecule has 0 unspecified atom stereocenters. The van der Waals surface area contributed by atoms with E-state index in [0.717, 1.165) is 122 Å². The van der Waals surface area contributed by atoms with Crippen LogP contribution in [0, 0.1) is 43.4 Å². The van der Waals surface area contributed by atoms with E-state index in [1.165, 1.54) is 5.56 Å². The lowest BCUT2D eigenvalue weighted by Crippen LogP contribution is -2.11. The second-order valence-electron chi connectivity index (χ2n) is 20.8. The summed E-state index contributed by atoms with van der Waals surface area (Å²) >= 11 is 0. The fourth-order valence-corrected chi connectivity index (χ4v) is 11.3. The van der Waals surface area contributed by atoms with Gasteiger partial charge in [0.25, 0.3) is 0 Å². The lowest BCUT2D eigenvalue weighted by atomic mass is 9.86. The molecule has 0 aliphatic carbocycles. The van der Waals surface area contributed by atoms with Gasteiger partial charge in [-0.05, 0) is 134 Å². The van der Waals surface area contributed by atoms with Gasteiger partial charge >= 0.3 is 0 Å². The minimum absolute atomic E-state index is 0.0631. The summed E-state index contributed by atoms with van der Waals surface area (Å²) in [6.45, 7) is 12.7. The van der Waals surface area contributed by atoms with Crippen LogP contribution in [0.15, 0.2) is 176 Å². The number of para-hydroxylation sites is 3. The van der Waals surface area contributed by atoms with Crippen LogP contribution in [0.3, 0.4) is 0 Å². The van der Waals surface area contributed by atoms with Crippen molar-refractivity contribution >= 4 is 65.4 Å². The van der Waals surface area contributed by atoms with Crippen molar-refractivity contribution in [3.05, 3.63) is 221 Å². The van der Waals surface area contributed by atoms with Crippen LogP contribution < -0.4 is 0 Å². The predicted octanol–water partition coefficient (Wildman–Crippen LogP) is 15.4. The second-order valence-corrected chi connectivity index (χ2v) is 20.8. The van der Waals surface area contributed by atoms with E-state index in [4.69, 9.17) is 19.9 Å². The predicted molar refractivity (Wildman–Crippen MR) is 303 cm³/mol. The molecule has 0 aliphatic rings. The fraction of sp³-hybridized carbons (Fsp3) is 0.121. The number of fused-ring (bicyclic) bond motifs is 9. The Kier molecular flexibility index (Phi) is 10.4. The van der Waals surface area contributed by atoms with Gasteiger partial charge in [-0.25, -0.2) is 19.9 Å². The maximum absolute atomic E-state index is 10.3. The zero-order valence-corrected chi connectivity index (χ0v) is 42.5. The van der Waals surface area contributed by atoms with Gasteiger partial charge in [0.2, 0.25) is 0 Å². The molecule has 0 aliphatic heterocycles. The smallest absolute Gasteiger partial charge is 0.161 e. The van der Waals surface area contributed by atoms with Crippen LogP contribution in [0.1, 0.15) is 65.8 Å². The van der Waals surface area contributed by atoms with Crippen LogP contribution in [0.25, 0.3) is 105 Å². The van der Waals surface area contributed by atoms with Gasteiger partial charge in [0.05, 0.1) is 67.7 Å². The summed E-state index contributed by atoms with van der Waals surface area (Å²) in [6.07, 6.45) is 0.585. The normalized spacial score (nSPS) is 11.9. The van der Waals surface area contributed by atoms with Crippen molar-refractivity contribution in [3.63, 3.8) is 0 Å². The van der Waals surface area contributed by atoms with Gasteiger partial charge in [0, 0.05) is 78.3 Å².